The molecule has 0 radical (unpaired) electrons. The lowest BCUT2D eigenvalue weighted by Crippen LogP contribution is -2.24. The summed E-state index contributed by atoms with van der Waals surface area (Å²) in [5.41, 5.74) is 2.09. The molecule has 2 aromatic carbocycles. The van der Waals surface area contributed by atoms with Crippen LogP contribution in [0.5, 0.6) is 0 Å². The number of carbonyl (C=O) groups is 2. The van der Waals surface area contributed by atoms with Gasteiger partial charge in [-0.3, -0.25) is 19.7 Å². The quantitative estimate of drug-likeness (QED) is 0.348. The molecule has 2 N–H and O–H groups in total. The van der Waals surface area contributed by atoms with E-state index in [9.17, 15) is 24.1 Å². The maximum Gasteiger partial charge on any atom is 0.288 e. The number of benzene rings is 2. The van der Waals surface area contributed by atoms with Gasteiger partial charge in [0.15, 0.2) is 0 Å². The van der Waals surface area contributed by atoms with Crippen LogP contribution in [0.1, 0.15) is 12.0 Å². The predicted octanol–water partition coefficient (Wildman–Crippen LogP) is 2.87. The van der Waals surface area contributed by atoms with E-state index in [1.807, 2.05) is 0 Å². The van der Waals surface area contributed by atoms with E-state index >= 15 is 0 Å². The summed E-state index contributed by atoms with van der Waals surface area (Å²) >= 11 is 5.68. The van der Waals surface area contributed by atoms with Gasteiger partial charge in [0.2, 0.25) is 11.8 Å². The fourth-order valence-corrected chi connectivity index (χ4v) is 2.06. The molecular formula is C16H12ClFN4O4. The van der Waals surface area contributed by atoms with Crippen molar-refractivity contribution in [2.45, 2.75) is 6.42 Å². The van der Waals surface area contributed by atoms with Crippen LogP contribution in [-0.2, 0) is 9.59 Å². The summed E-state index contributed by atoms with van der Waals surface area (Å²) in [6, 6.07) is 9.51. The molecule has 0 bridgehead atoms. The Morgan fingerprint density at radius 3 is 2.65 bits per heavy atom. The second-order valence-corrected chi connectivity index (χ2v) is 5.37. The van der Waals surface area contributed by atoms with Crippen molar-refractivity contribution in [2.75, 3.05) is 5.32 Å². The van der Waals surface area contributed by atoms with Gasteiger partial charge in [-0.2, -0.15) is 5.10 Å². The molecule has 0 heterocycles. The predicted molar refractivity (Wildman–Crippen MR) is 93.5 cm³/mol. The van der Waals surface area contributed by atoms with Crippen molar-refractivity contribution >= 4 is 41.0 Å². The Kier molecular flexibility index (Phi) is 6.34. The van der Waals surface area contributed by atoms with E-state index in [2.05, 4.69) is 15.8 Å². The largest absolute Gasteiger partial charge is 0.323 e. The minimum absolute atomic E-state index is 0.0269. The molecule has 2 amide bonds. The zero-order valence-corrected chi connectivity index (χ0v) is 13.9. The molecule has 0 aromatic heterocycles. The number of rotatable bonds is 6. The Morgan fingerprint density at radius 2 is 1.96 bits per heavy atom. The van der Waals surface area contributed by atoms with Gasteiger partial charge in [0.05, 0.1) is 16.8 Å². The highest BCUT2D eigenvalue weighted by atomic mass is 35.5. The van der Waals surface area contributed by atoms with Crippen molar-refractivity contribution in [2.24, 2.45) is 5.10 Å². The first kappa shape index (κ1) is 19.0. The highest BCUT2D eigenvalue weighted by molar-refractivity contribution is 6.32. The molecule has 0 aliphatic heterocycles. The van der Waals surface area contributed by atoms with Gasteiger partial charge in [-0.25, -0.2) is 9.82 Å². The minimum atomic E-state index is -0.737. The van der Waals surface area contributed by atoms with Crippen LogP contribution in [0.25, 0.3) is 0 Å². The van der Waals surface area contributed by atoms with Crippen LogP contribution in [0.15, 0.2) is 47.6 Å². The SMILES string of the molecule is O=C(CC(=O)Nc1ccccc1F)NN=Cc1ccc(Cl)c([N+](=O)[O-])c1. The first-order valence-electron chi connectivity index (χ1n) is 7.17. The fourth-order valence-electron chi connectivity index (χ4n) is 1.87. The Hall–Kier alpha value is -3.33. The van der Waals surface area contributed by atoms with E-state index < -0.39 is 29.0 Å². The standard InChI is InChI=1S/C16H12ClFN4O4/c17-11-6-5-10(7-14(11)22(25)26)9-19-21-16(24)8-15(23)20-13-4-2-1-3-12(13)18/h1-7,9H,8H2,(H,20,23)(H,21,24). The van der Waals surface area contributed by atoms with Crippen LogP contribution in [0.2, 0.25) is 5.02 Å². The average Bonchev–Trinajstić information content (AvgIpc) is 2.58. The zero-order chi connectivity index (χ0) is 19.1. The van der Waals surface area contributed by atoms with Gasteiger partial charge in [0.1, 0.15) is 17.3 Å². The second-order valence-electron chi connectivity index (χ2n) is 4.97. The smallest absolute Gasteiger partial charge is 0.288 e. The summed E-state index contributed by atoms with van der Waals surface area (Å²) in [6.45, 7) is 0. The van der Waals surface area contributed by atoms with Crippen molar-refractivity contribution in [3.8, 4) is 0 Å². The number of nitrogens with one attached hydrogen (secondary N) is 2. The number of para-hydroxylation sites is 1. The summed E-state index contributed by atoms with van der Waals surface area (Å²) in [7, 11) is 0. The molecule has 0 unspecified atom stereocenters. The third-order valence-corrected chi connectivity index (χ3v) is 3.36. The van der Waals surface area contributed by atoms with Crippen LogP contribution < -0.4 is 10.7 Å². The molecule has 26 heavy (non-hydrogen) atoms. The number of anilines is 1. The lowest BCUT2D eigenvalue weighted by molar-refractivity contribution is -0.384. The second kappa shape index (κ2) is 8.67. The number of halogens is 2. The summed E-state index contributed by atoms with van der Waals surface area (Å²) in [6.07, 6.45) is 0.586. The van der Waals surface area contributed by atoms with Gasteiger partial charge in [-0.15, -0.1) is 0 Å². The number of nitro groups is 1. The van der Waals surface area contributed by atoms with Crippen LogP contribution in [0.3, 0.4) is 0 Å². The molecule has 0 aliphatic rings. The van der Waals surface area contributed by atoms with E-state index in [1.54, 1.807) is 0 Å². The lowest BCUT2D eigenvalue weighted by Gasteiger charge is -2.05. The number of hydrogen-bond donors (Lipinski definition) is 2. The molecule has 2 rings (SSSR count). The van der Waals surface area contributed by atoms with Crippen molar-refractivity contribution in [3.05, 3.63) is 69.0 Å². The number of hydrazone groups is 1. The first-order valence-corrected chi connectivity index (χ1v) is 7.55. The van der Waals surface area contributed by atoms with Gasteiger partial charge in [0, 0.05) is 11.6 Å². The Labute approximate surface area is 151 Å². The van der Waals surface area contributed by atoms with Crippen molar-refractivity contribution < 1.29 is 18.9 Å². The fraction of sp³-hybridized carbons (Fsp3) is 0.0625. The van der Waals surface area contributed by atoms with Crippen LogP contribution >= 0.6 is 11.6 Å². The Balaban J connectivity index is 1.89. The number of nitro benzene ring substituents is 1. The highest BCUT2D eigenvalue weighted by Crippen LogP contribution is 2.24. The molecular weight excluding hydrogens is 367 g/mol. The van der Waals surface area contributed by atoms with E-state index in [-0.39, 0.29) is 16.4 Å². The summed E-state index contributed by atoms with van der Waals surface area (Å²) in [4.78, 5) is 33.5. The molecule has 8 nitrogen and oxygen atoms in total. The normalized spacial score (nSPS) is 10.5. The Bertz CT molecular complexity index is 888. The Morgan fingerprint density at radius 1 is 1.23 bits per heavy atom. The molecule has 0 saturated heterocycles. The van der Waals surface area contributed by atoms with Crippen molar-refractivity contribution in [3.63, 3.8) is 0 Å². The van der Waals surface area contributed by atoms with Gasteiger partial charge in [-0.1, -0.05) is 29.8 Å². The molecule has 0 atom stereocenters. The third kappa shape index (κ3) is 5.35. The first-order chi connectivity index (χ1) is 12.4. The van der Waals surface area contributed by atoms with E-state index in [4.69, 9.17) is 11.6 Å². The molecule has 0 saturated carbocycles. The van der Waals surface area contributed by atoms with Gasteiger partial charge in [-0.05, 0) is 18.2 Å². The highest BCUT2D eigenvalue weighted by Gasteiger charge is 2.13. The third-order valence-electron chi connectivity index (χ3n) is 3.04. The van der Waals surface area contributed by atoms with Gasteiger partial charge < -0.3 is 5.32 Å². The molecule has 0 fully saturated rings. The number of amides is 2. The van der Waals surface area contributed by atoms with Gasteiger partial charge >= 0.3 is 0 Å². The van der Waals surface area contributed by atoms with Crippen molar-refractivity contribution in [1.29, 1.82) is 0 Å². The summed E-state index contributed by atoms with van der Waals surface area (Å²) in [5.74, 6) is -2.08. The monoisotopic (exact) mass is 378 g/mol. The summed E-state index contributed by atoms with van der Waals surface area (Å²) in [5, 5.41) is 16.6. The molecule has 0 spiro atoms. The topological polar surface area (TPSA) is 114 Å². The number of carbonyl (C=O) groups excluding carboxylic acids is 2. The molecule has 10 heteroatoms. The van der Waals surface area contributed by atoms with E-state index in [1.165, 1.54) is 42.5 Å². The van der Waals surface area contributed by atoms with E-state index in [0.29, 0.717) is 5.56 Å². The van der Waals surface area contributed by atoms with E-state index in [0.717, 1.165) is 6.21 Å². The minimum Gasteiger partial charge on any atom is -0.323 e. The maximum absolute atomic E-state index is 13.4. The molecule has 134 valence electrons. The van der Waals surface area contributed by atoms with Crippen LogP contribution in [-0.4, -0.2) is 23.0 Å². The maximum atomic E-state index is 13.4. The van der Waals surface area contributed by atoms with Gasteiger partial charge in [0.25, 0.3) is 5.69 Å². The van der Waals surface area contributed by atoms with Crippen LogP contribution in [0, 0.1) is 15.9 Å². The summed E-state index contributed by atoms with van der Waals surface area (Å²) < 4.78 is 13.4. The van der Waals surface area contributed by atoms with Crippen LogP contribution in [0.4, 0.5) is 15.8 Å². The average molecular weight is 379 g/mol. The van der Waals surface area contributed by atoms with Crippen molar-refractivity contribution in [1.82, 2.24) is 5.43 Å². The zero-order valence-electron chi connectivity index (χ0n) is 13.1. The molecule has 2 aromatic rings. The number of hydrogen-bond acceptors (Lipinski definition) is 5. The molecule has 0 aliphatic carbocycles. The number of nitrogens with zero attached hydrogens (tertiary/aromatic N) is 2. The lowest BCUT2D eigenvalue weighted by atomic mass is 10.2.